The molecule has 2 N–H and O–H groups in total. The molecule has 9 heteroatoms. The smallest absolute Gasteiger partial charge is 0.410 e. The van der Waals surface area contributed by atoms with Crippen LogP contribution in [0.2, 0.25) is 0 Å². The number of rotatable bonds is 4. The molecule has 1 aliphatic heterocycles. The number of ether oxygens (including phenoxy) is 1. The minimum atomic E-state index is -0.521. The molecular weight excluding hydrogens is 432 g/mol. The van der Waals surface area contributed by atoms with Gasteiger partial charge < -0.3 is 15.0 Å². The number of hydrogen-bond acceptors (Lipinski definition) is 6. The lowest BCUT2D eigenvalue weighted by Crippen LogP contribution is -2.47. The zero-order valence-electron chi connectivity index (χ0n) is 19.7. The number of nitrogens with one attached hydrogen (secondary N) is 2. The Kier molecular flexibility index (Phi) is 6.45. The minimum Gasteiger partial charge on any atom is -0.444 e. The Hall–Kier alpha value is -4.01. The number of anilines is 2. The molecule has 0 bridgehead atoms. The minimum absolute atomic E-state index is 0.00273. The largest absolute Gasteiger partial charge is 0.444 e. The van der Waals surface area contributed by atoms with Crippen LogP contribution in [0, 0.1) is 6.92 Å². The van der Waals surface area contributed by atoms with Crippen LogP contribution in [0.25, 0.3) is 11.3 Å². The van der Waals surface area contributed by atoms with Gasteiger partial charge in [-0.2, -0.15) is 0 Å². The first-order valence-electron chi connectivity index (χ1n) is 11.1. The molecule has 4 rings (SSSR count). The Morgan fingerprint density at radius 3 is 2.41 bits per heavy atom. The van der Waals surface area contributed by atoms with Crippen molar-refractivity contribution in [3.05, 3.63) is 66.2 Å². The summed E-state index contributed by atoms with van der Waals surface area (Å²) in [6, 6.07) is 11.0. The van der Waals surface area contributed by atoms with E-state index >= 15 is 0 Å². The zero-order valence-corrected chi connectivity index (χ0v) is 19.7. The molecular formula is C25H28N6O3. The van der Waals surface area contributed by atoms with E-state index in [4.69, 9.17) is 4.74 Å². The predicted octanol–water partition coefficient (Wildman–Crippen LogP) is 5.17. The van der Waals surface area contributed by atoms with Crippen molar-refractivity contribution in [2.75, 3.05) is 17.2 Å². The number of carbonyl (C=O) groups is 2. The quantitative estimate of drug-likeness (QED) is 0.556. The first kappa shape index (κ1) is 23.2. The summed E-state index contributed by atoms with van der Waals surface area (Å²) < 4.78 is 5.50. The Balaban J connectivity index is 1.40. The highest BCUT2D eigenvalue weighted by Crippen LogP contribution is 2.35. The van der Waals surface area contributed by atoms with E-state index in [0.29, 0.717) is 23.7 Å². The Morgan fingerprint density at radius 1 is 1.03 bits per heavy atom. The van der Waals surface area contributed by atoms with Gasteiger partial charge in [-0.3, -0.25) is 15.3 Å². The molecule has 3 amide bonds. The molecule has 1 unspecified atom stereocenters. The second-order valence-electron chi connectivity index (χ2n) is 9.16. The average Bonchev–Trinajstić information content (AvgIpc) is 2.74. The highest BCUT2D eigenvalue weighted by molar-refractivity contribution is 5.99. The van der Waals surface area contributed by atoms with Gasteiger partial charge in [0.1, 0.15) is 5.60 Å². The monoisotopic (exact) mass is 460 g/mol. The van der Waals surface area contributed by atoms with Crippen LogP contribution >= 0.6 is 0 Å². The van der Waals surface area contributed by atoms with E-state index in [0.717, 1.165) is 23.2 Å². The molecule has 1 fully saturated rings. The van der Waals surface area contributed by atoms with Crippen LogP contribution in [0.5, 0.6) is 0 Å². The fourth-order valence-electron chi connectivity index (χ4n) is 3.53. The number of nitrogens with zero attached hydrogens (tertiary/aromatic N) is 4. The van der Waals surface area contributed by atoms with Gasteiger partial charge in [0.2, 0.25) is 0 Å². The predicted molar refractivity (Wildman–Crippen MR) is 129 cm³/mol. The second-order valence-corrected chi connectivity index (χ2v) is 9.16. The standard InChI is InChI=1S/C25H28N6O3/c1-16-5-10-19(13-27-16)28-23(32)30-22-15-26-14-20(29-22)17-6-8-18(9-7-17)21-11-12-31(21)24(33)34-25(2,3)4/h5-10,13-15,21H,11-12H2,1-4H3,(H2,28,29,30,32). The van der Waals surface area contributed by atoms with Crippen LogP contribution in [-0.2, 0) is 4.74 Å². The van der Waals surface area contributed by atoms with Gasteiger partial charge in [-0.1, -0.05) is 24.3 Å². The van der Waals surface area contributed by atoms with E-state index in [1.165, 1.54) is 6.20 Å². The summed E-state index contributed by atoms with van der Waals surface area (Å²) in [5.41, 5.74) is 3.44. The maximum absolute atomic E-state index is 12.4. The number of hydrogen-bond donors (Lipinski definition) is 2. The molecule has 176 valence electrons. The number of aromatic nitrogens is 3. The molecule has 3 aromatic rings. The number of amides is 3. The number of likely N-dealkylation sites (tertiary alicyclic amines) is 1. The molecule has 2 aromatic heterocycles. The highest BCUT2D eigenvalue weighted by atomic mass is 16.6. The summed E-state index contributed by atoms with van der Waals surface area (Å²) >= 11 is 0. The lowest BCUT2D eigenvalue weighted by molar-refractivity contribution is -0.00574. The molecule has 1 aromatic carbocycles. The summed E-state index contributed by atoms with van der Waals surface area (Å²) in [7, 11) is 0. The Morgan fingerprint density at radius 2 is 1.79 bits per heavy atom. The van der Waals surface area contributed by atoms with E-state index in [9.17, 15) is 9.59 Å². The van der Waals surface area contributed by atoms with Crippen molar-refractivity contribution in [3.8, 4) is 11.3 Å². The van der Waals surface area contributed by atoms with Crippen molar-refractivity contribution in [2.24, 2.45) is 0 Å². The van der Waals surface area contributed by atoms with Crippen LogP contribution in [0.1, 0.15) is 44.5 Å². The summed E-state index contributed by atoms with van der Waals surface area (Å²) in [6.07, 6.45) is 5.31. The Labute approximate surface area is 198 Å². The number of aryl methyl sites for hydroxylation is 1. The van der Waals surface area contributed by atoms with Gasteiger partial charge in [0.25, 0.3) is 0 Å². The van der Waals surface area contributed by atoms with E-state index < -0.39 is 11.6 Å². The second kappa shape index (κ2) is 9.46. The summed E-state index contributed by atoms with van der Waals surface area (Å²) in [6.45, 7) is 8.15. The number of benzene rings is 1. The van der Waals surface area contributed by atoms with Crippen molar-refractivity contribution >= 4 is 23.6 Å². The fraction of sp³-hybridized carbons (Fsp3) is 0.320. The molecule has 0 spiro atoms. The number of carbonyl (C=O) groups excluding carboxylic acids is 2. The highest BCUT2D eigenvalue weighted by Gasteiger charge is 2.36. The van der Waals surface area contributed by atoms with Crippen LogP contribution in [0.3, 0.4) is 0 Å². The van der Waals surface area contributed by atoms with Crippen molar-refractivity contribution in [3.63, 3.8) is 0 Å². The number of urea groups is 1. The first-order chi connectivity index (χ1) is 16.2. The molecule has 3 heterocycles. The molecule has 1 saturated heterocycles. The lowest BCUT2D eigenvalue weighted by Gasteiger charge is -2.41. The van der Waals surface area contributed by atoms with Crippen LogP contribution < -0.4 is 10.6 Å². The van der Waals surface area contributed by atoms with E-state index in [-0.39, 0.29) is 12.1 Å². The van der Waals surface area contributed by atoms with Gasteiger partial charge in [-0.05, 0) is 51.8 Å². The molecule has 34 heavy (non-hydrogen) atoms. The van der Waals surface area contributed by atoms with Crippen molar-refractivity contribution in [1.82, 2.24) is 19.9 Å². The van der Waals surface area contributed by atoms with Crippen LogP contribution in [0.15, 0.2) is 55.0 Å². The molecule has 1 atom stereocenters. The van der Waals surface area contributed by atoms with E-state index in [1.807, 2.05) is 58.0 Å². The maximum Gasteiger partial charge on any atom is 0.410 e. The molecule has 0 aliphatic carbocycles. The van der Waals surface area contributed by atoms with Crippen LogP contribution in [-0.4, -0.2) is 44.1 Å². The van der Waals surface area contributed by atoms with Crippen molar-refractivity contribution < 1.29 is 14.3 Å². The molecule has 0 saturated carbocycles. The van der Waals surface area contributed by atoms with E-state index in [1.54, 1.807) is 23.4 Å². The number of pyridine rings is 1. The topological polar surface area (TPSA) is 109 Å². The van der Waals surface area contributed by atoms with Gasteiger partial charge in [0.05, 0.1) is 36.0 Å². The molecule has 0 radical (unpaired) electrons. The van der Waals surface area contributed by atoms with Gasteiger partial charge in [-0.25, -0.2) is 14.6 Å². The summed E-state index contributed by atoms with van der Waals surface area (Å²) in [5.74, 6) is 0.328. The van der Waals surface area contributed by atoms with Crippen molar-refractivity contribution in [2.45, 2.75) is 45.8 Å². The average molecular weight is 461 g/mol. The van der Waals surface area contributed by atoms with Gasteiger partial charge >= 0.3 is 12.1 Å². The third-order valence-corrected chi connectivity index (χ3v) is 5.28. The Bertz CT molecular complexity index is 1170. The summed E-state index contributed by atoms with van der Waals surface area (Å²) in [4.78, 5) is 39.3. The summed E-state index contributed by atoms with van der Waals surface area (Å²) in [5, 5.41) is 5.40. The maximum atomic E-state index is 12.4. The van der Waals surface area contributed by atoms with Gasteiger partial charge in [-0.15, -0.1) is 0 Å². The molecule has 9 nitrogen and oxygen atoms in total. The fourth-order valence-corrected chi connectivity index (χ4v) is 3.53. The third-order valence-electron chi connectivity index (χ3n) is 5.28. The van der Waals surface area contributed by atoms with Gasteiger partial charge in [0.15, 0.2) is 5.82 Å². The normalized spacial score (nSPS) is 15.3. The van der Waals surface area contributed by atoms with E-state index in [2.05, 4.69) is 25.6 Å². The van der Waals surface area contributed by atoms with Gasteiger partial charge in [0, 0.05) is 17.8 Å². The lowest BCUT2D eigenvalue weighted by atomic mass is 9.94. The third kappa shape index (κ3) is 5.67. The van der Waals surface area contributed by atoms with Crippen LogP contribution in [0.4, 0.5) is 21.1 Å². The molecule has 1 aliphatic rings. The van der Waals surface area contributed by atoms with Crippen molar-refractivity contribution in [1.29, 1.82) is 0 Å². The zero-order chi connectivity index (χ0) is 24.3. The first-order valence-corrected chi connectivity index (χ1v) is 11.1. The SMILES string of the molecule is Cc1ccc(NC(=O)Nc2cncc(-c3ccc(C4CCN4C(=O)OC(C)(C)C)cc3)n2)cn1.